The van der Waals surface area contributed by atoms with Gasteiger partial charge in [0, 0.05) is 25.0 Å². The lowest BCUT2D eigenvalue weighted by atomic mass is 10.0. The molecule has 0 atom stereocenters. The number of hydrogen-bond acceptors (Lipinski definition) is 6. The molecule has 0 saturated heterocycles. The maximum Gasteiger partial charge on any atom is 0.264 e. The molecule has 3 rings (SSSR count). The Labute approximate surface area is 174 Å². The van der Waals surface area contributed by atoms with Crippen LogP contribution in [0.4, 0.5) is 0 Å². The van der Waals surface area contributed by atoms with Crippen LogP contribution in [0.1, 0.15) is 5.56 Å². The fourth-order valence-corrected chi connectivity index (χ4v) is 3.11. The zero-order valence-corrected chi connectivity index (χ0v) is 17.4. The van der Waals surface area contributed by atoms with Gasteiger partial charge in [-0.3, -0.25) is 9.89 Å². The standard InChI is InChI=1S/C22H22N4O4/c1-26(2)22(27)15(12-23)8-13-6-7-17-16(9-13)20(25-24-17)14-10-18(28-3)21(30-5)19(11-14)29-4/h6-11H,1-5H3,(H,24,25)/b15-8+. The molecule has 8 nitrogen and oxygen atoms in total. The van der Waals surface area contributed by atoms with Crippen LogP contribution in [0.15, 0.2) is 35.9 Å². The highest BCUT2D eigenvalue weighted by molar-refractivity contribution is 6.02. The number of fused-ring (bicyclic) bond motifs is 1. The maximum atomic E-state index is 12.2. The van der Waals surface area contributed by atoms with E-state index in [0.29, 0.717) is 28.5 Å². The SMILES string of the molecule is COc1cc(-c2n[nH]c3ccc(/C=C(\C#N)C(=O)N(C)C)cc23)cc(OC)c1OC. The van der Waals surface area contributed by atoms with Crippen molar-refractivity contribution < 1.29 is 19.0 Å². The first-order valence-electron chi connectivity index (χ1n) is 9.05. The molecule has 8 heteroatoms. The Bertz CT molecular complexity index is 1150. The second kappa shape index (κ2) is 8.57. The number of aromatic nitrogens is 2. The highest BCUT2D eigenvalue weighted by Crippen LogP contribution is 2.42. The summed E-state index contributed by atoms with van der Waals surface area (Å²) in [6.45, 7) is 0. The van der Waals surface area contributed by atoms with Crippen molar-refractivity contribution in [2.24, 2.45) is 0 Å². The fourth-order valence-electron chi connectivity index (χ4n) is 3.11. The van der Waals surface area contributed by atoms with Gasteiger partial charge >= 0.3 is 0 Å². The van der Waals surface area contributed by atoms with Gasteiger partial charge in [0.05, 0.1) is 26.8 Å². The summed E-state index contributed by atoms with van der Waals surface area (Å²) in [6, 6.07) is 11.1. The Morgan fingerprint density at radius 3 is 2.30 bits per heavy atom. The van der Waals surface area contributed by atoms with E-state index < -0.39 is 0 Å². The van der Waals surface area contributed by atoms with Gasteiger partial charge < -0.3 is 19.1 Å². The minimum atomic E-state index is -0.352. The average Bonchev–Trinajstić information content (AvgIpc) is 3.18. The summed E-state index contributed by atoms with van der Waals surface area (Å²) in [5.41, 5.74) is 3.02. The Hall–Kier alpha value is -3.99. The van der Waals surface area contributed by atoms with Crippen LogP contribution >= 0.6 is 0 Å². The van der Waals surface area contributed by atoms with Crippen molar-refractivity contribution >= 4 is 22.9 Å². The molecule has 0 unspecified atom stereocenters. The van der Waals surface area contributed by atoms with E-state index in [0.717, 1.165) is 16.5 Å². The third-order valence-electron chi connectivity index (χ3n) is 4.59. The lowest BCUT2D eigenvalue weighted by Gasteiger charge is -2.13. The quantitative estimate of drug-likeness (QED) is 0.498. The number of hydrogen-bond donors (Lipinski definition) is 1. The highest BCUT2D eigenvalue weighted by atomic mass is 16.5. The number of benzene rings is 2. The Morgan fingerprint density at radius 2 is 1.77 bits per heavy atom. The van der Waals surface area contributed by atoms with Crippen molar-refractivity contribution in [2.45, 2.75) is 0 Å². The molecule has 0 aliphatic heterocycles. The number of methoxy groups -OCH3 is 3. The maximum absolute atomic E-state index is 12.2. The van der Waals surface area contributed by atoms with Crippen molar-refractivity contribution in [1.29, 1.82) is 5.26 Å². The van der Waals surface area contributed by atoms with Crippen LogP contribution in [0.25, 0.3) is 28.2 Å². The van der Waals surface area contributed by atoms with Crippen molar-refractivity contribution in [3.63, 3.8) is 0 Å². The summed E-state index contributed by atoms with van der Waals surface area (Å²) < 4.78 is 16.3. The Morgan fingerprint density at radius 1 is 1.10 bits per heavy atom. The molecule has 30 heavy (non-hydrogen) atoms. The van der Waals surface area contributed by atoms with Crippen LogP contribution in [0, 0.1) is 11.3 Å². The molecule has 2 aromatic carbocycles. The van der Waals surface area contributed by atoms with Gasteiger partial charge in [0.15, 0.2) is 11.5 Å². The number of carbonyl (C=O) groups excluding carboxylic acids is 1. The van der Waals surface area contributed by atoms with Crippen molar-refractivity contribution in [1.82, 2.24) is 15.1 Å². The number of nitrogens with zero attached hydrogens (tertiary/aromatic N) is 3. The Kier molecular flexibility index (Phi) is 5.93. The minimum absolute atomic E-state index is 0.0529. The van der Waals surface area contributed by atoms with Crippen LogP contribution in [0.3, 0.4) is 0 Å². The number of nitriles is 1. The number of amides is 1. The van der Waals surface area contributed by atoms with Crippen LogP contribution in [0.2, 0.25) is 0 Å². The largest absolute Gasteiger partial charge is 0.493 e. The van der Waals surface area contributed by atoms with E-state index in [1.807, 2.05) is 36.4 Å². The summed E-state index contributed by atoms with van der Waals surface area (Å²) in [7, 11) is 7.87. The molecule has 1 amide bonds. The molecule has 0 saturated carbocycles. The monoisotopic (exact) mass is 406 g/mol. The number of likely N-dealkylation sites (N-methyl/N-ethyl adjacent to an activating group) is 1. The third-order valence-corrected chi connectivity index (χ3v) is 4.59. The number of ether oxygens (including phenoxy) is 3. The lowest BCUT2D eigenvalue weighted by molar-refractivity contribution is -0.124. The smallest absolute Gasteiger partial charge is 0.264 e. The first kappa shape index (κ1) is 20.7. The molecular formula is C22H22N4O4. The molecule has 0 aliphatic carbocycles. The number of carbonyl (C=O) groups is 1. The molecule has 0 bridgehead atoms. The summed E-state index contributed by atoms with van der Waals surface area (Å²) in [5.74, 6) is 1.17. The molecule has 1 aromatic heterocycles. The molecule has 0 fully saturated rings. The van der Waals surface area contributed by atoms with Crippen LogP contribution < -0.4 is 14.2 Å². The zero-order chi connectivity index (χ0) is 21.8. The van der Waals surface area contributed by atoms with Gasteiger partial charge in [-0.15, -0.1) is 0 Å². The highest BCUT2D eigenvalue weighted by Gasteiger charge is 2.17. The van der Waals surface area contributed by atoms with E-state index in [2.05, 4.69) is 10.2 Å². The van der Waals surface area contributed by atoms with Crippen molar-refractivity contribution in [2.75, 3.05) is 35.4 Å². The first-order chi connectivity index (χ1) is 14.4. The van der Waals surface area contributed by atoms with Gasteiger partial charge in [0.1, 0.15) is 17.3 Å². The Balaban J connectivity index is 2.15. The summed E-state index contributed by atoms with van der Waals surface area (Å²) in [4.78, 5) is 13.5. The van der Waals surface area contributed by atoms with Crippen LogP contribution in [-0.4, -0.2) is 56.4 Å². The molecule has 1 N–H and O–H groups in total. The normalized spacial score (nSPS) is 11.1. The zero-order valence-electron chi connectivity index (χ0n) is 17.4. The predicted octanol–water partition coefficient (Wildman–Crippen LogP) is 3.25. The average molecular weight is 406 g/mol. The van der Waals surface area contributed by atoms with E-state index in [1.165, 1.54) is 4.90 Å². The molecule has 1 heterocycles. The van der Waals surface area contributed by atoms with Gasteiger partial charge in [-0.1, -0.05) is 6.07 Å². The van der Waals surface area contributed by atoms with Crippen LogP contribution in [-0.2, 0) is 4.79 Å². The second-order valence-corrected chi connectivity index (χ2v) is 6.66. The van der Waals surface area contributed by atoms with Gasteiger partial charge in [-0.2, -0.15) is 10.4 Å². The molecule has 0 aliphatic rings. The number of aromatic amines is 1. The molecular weight excluding hydrogens is 384 g/mol. The van der Waals surface area contributed by atoms with Gasteiger partial charge in [0.25, 0.3) is 5.91 Å². The fraction of sp³-hybridized carbons (Fsp3) is 0.227. The summed E-state index contributed by atoms with van der Waals surface area (Å²) in [5, 5.41) is 17.6. The minimum Gasteiger partial charge on any atom is -0.493 e. The van der Waals surface area contributed by atoms with E-state index in [9.17, 15) is 10.1 Å². The van der Waals surface area contributed by atoms with Gasteiger partial charge in [-0.05, 0) is 35.9 Å². The predicted molar refractivity (Wildman–Crippen MR) is 113 cm³/mol. The van der Waals surface area contributed by atoms with Gasteiger partial charge in [0.2, 0.25) is 5.75 Å². The number of nitrogens with one attached hydrogen (secondary N) is 1. The second-order valence-electron chi connectivity index (χ2n) is 6.66. The first-order valence-corrected chi connectivity index (χ1v) is 9.05. The topological polar surface area (TPSA) is 100 Å². The molecule has 0 spiro atoms. The molecule has 3 aromatic rings. The number of rotatable bonds is 6. The van der Waals surface area contributed by atoms with Crippen LogP contribution in [0.5, 0.6) is 17.2 Å². The van der Waals surface area contributed by atoms with Crippen molar-refractivity contribution in [3.05, 3.63) is 41.5 Å². The summed E-state index contributed by atoms with van der Waals surface area (Å²) in [6.07, 6.45) is 1.56. The lowest BCUT2D eigenvalue weighted by Crippen LogP contribution is -2.22. The summed E-state index contributed by atoms with van der Waals surface area (Å²) >= 11 is 0. The third kappa shape index (κ3) is 3.78. The van der Waals surface area contributed by atoms with E-state index in [4.69, 9.17) is 14.2 Å². The van der Waals surface area contributed by atoms with E-state index in [-0.39, 0.29) is 11.5 Å². The molecule has 154 valence electrons. The van der Waals surface area contributed by atoms with E-state index >= 15 is 0 Å². The number of H-pyrrole nitrogens is 1. The molecule has 0 radical (unpaired) electrons. The van der Waals surface area contributed by atoms with Gasteiger partial charge in [-0.25, -0.2) is 0 Å². The van der Waals surface area contributed by atoms with Crippen molar-refractivity contribution in [3.8, 4) is 34.6 Å². The van der Waals surface area contributed by atoms with E-state index in [1.54, 1.807) is 41.5 Å².